The van der Waals surface area contributed by atoms with Crippen LogP contribution in [0.2, 0.25) is 0 Å². The summed E-state index contributed by atoms with van der Waals surface area (Å²) in [5, 5.41) is 13.3. The Bertz CT molecular complexity index is 772. The van der Waals surface area contributed by atoms with E-state index in [0.717, 1.165) is 0 Å². The molecule has 0 bridgehead atoms. The number of halogens is 1. The Morgan fingerprint density at radius 3 is 2.33 bits per heavy atom. The van der Waals surface area contributed by atoms with Crippen molar-refractivity contribution in [3.05, 3.63) is 30.1 Å². The highest BCUT2D eigenvalue weighted by molar-refractivity contribution is 8.01. The molecule has 0 saturated heterocycles. The molecule has 0 atom stereocenters. The molecule has 0 radical (unpaired) electrons. The van der Waals surface area contributed by atoms with Gasteiger partial charge >= 0.3 is 6.03 Å². The monoisotopic (exact) mass is 411 g/mol. The van der Waals surface area contributed by atoms with Crippen LogP contribution in [0.3, 0.4) is 0 Å². The minimum absolute atomic E-state index is 0.0313. The SMILES string of the molecule is CC(C)N(C(=O)CSc1nnc(NC(=O)Nc2ccc(F)cc2)s1)C(C)C. The normalized spacial score (nSPS) is 10.9. The van der Waals surface area contributed by atoms with Crippen molar-refractivity contribution in [3.8, 4) is 0 Å². The molecule has 0 fully saturated rings. The number of nitrogens with zero attached hydrogens (tertiary/aromatic N) is 3. The van der Waals surface area contributed by atoms with E-state index in [2.05, 4.69) is 20.8 Å². The number of aromatic nitrogens is 2. The van der Waals surface area contributed by atoms with Gasteiger partial charge in [-0.05, 0) is 52.0 Å². The van der Waals surface area contributed by atoms with E-state index in [1.54, 1.807) is 0 Å². The number of anilines is 2. The van der Waals surface area contributed by atoms with Gasteiger partial charge < -0.3 is 10.2 Å². The smallest absolute Gasteiger partial charge is 0.325 e. The van der Waals surface area contributed by atoms with Crippen LogP contribution in [-0.4, -0.2) is 44.9 Å². The van der Waals surface area contributed by atoms with Gasteiger partial charge in [0.2, 0.25) is 11.0 Å². The molecule has 146 valence electrons. The molecule has 3 amide bonds. The Morgan fingerprint density at radius 1 is 1.11 bits per heavy atom. The van der Waals surface area contributed by atoms with Crippen LogP contribution in [0.4, 0.5) is 20.0 Å². The lowest BCUT2D eigenvalue weighted by Gasteiger charge is -2.30. The molecule has 7 nitrogen and oxygen atoms in total. The third-order valence-corrected chi connectivity index (χ3v) is 5.41. The molecule has 0 unspecified atom stereocenters. The molecular formula is C17H22FN5O2S2. The summed E-state index contributed by atoms with van der Waals surface area (Å²) in [6.45, 7) is 7.93. The first-order chi connectivity index (χ1) is 12.8. The molecule has 10 heteroatoms. The van der Waals surface area contributed by atoms with Crippen molar-refractivity contribution in [1.82, 2.24) is 15.1 Å². The zero-order chi connectivity index (χ0) is 20.0. The molecule has 1 heterocycles. The largest absolute Gasteiger partial charge is 0.337 e. The van der Waals surface area contributed by atoms with Crippen molar-refractivity contribution in [3.63, 3.8) is 0 Å². The van der Waals surface area contributed by atoms with Gasteiger partial charge in [-0.1, -0.05) is 23.1 Å². The number of carbonyl (C=O) groups excluding carboxylic acids is 2. The molecule has 0 aliphatic rings. The summed E-state index contributed by atoms with van der Waals surface area (Å²) < 4.78 is 13.5. The first-order valence-corrected chi connectivity index (χ1v) is 10.2. The van der Waals surface area contributed by atoms with E-state index < -0.39 is 6.03 Å². The van der Waals surface area contributed by atoms with Crippen LogP contribution >= 0.6 is 23.1 Å². The quantitative estimate of drug-likeness (QED) is 0.530. The zero-order valence-electron chi connectivity index (χ0n) is 15.5. The van der Waals surface area contributed by atoms with Crippen LogP contribution in [0.15, 0.2) is 28.6 Å². The van der Waals surface area contributed by atoms with Gasteiger partial charge in [-0.3, -0.25) is 10.1 Å². The van der Waals surface area contributed by atoms with Gasteiger partial charge in [0.1, 0.15) is 5.82 Å². The summed E-state index contributed by atoms with van der Waals surface area (Å²) in [6.07, 6.45) is 0. The number of nitrogens with one attached hydrogen (secondary N) is 2. The summed E-state index contributed by atoms with van der Waals surface area (Å²) in [5.74, 6) is -0.0918. The van der Waals surface area contributed by atoms with Gasteiger partial charge in [-0.2, -0.15) is 0 Å². The Hall–Kier alpha value is -2.20. The zero-order valence-corrected chi connectivity index (χ0v) is 17.2. The fourth-order valence-corrected chi connectivity index (χ4v) is 4.10. The Labute approximate surface area is 165 Å². The molecule has 2 rings (SSSR count). The fourth-order valence-electron chi connectivity index (χ4n) is 2.48. The lowest BCUT2D eigenvalue weighted by atomic mass is 10.2. The van der Waals surface area contributed by atoms with Crippen LogP contribution in [0.5, 0.6) is 0 Å². The van der Waals surface area contributed by atoms with Gasteiger partial charge in [0.25, 0.3) is 0 Å². The maximum atomic E-state index is 12.9. The number of benzene rings is 1. The van der Waals surface area contributed by atoms with E-state index in [1.165, 1.54) is 47.4 Å². The van der Waals surface area contributed by atoms with Crippen molar-refractivity contribution in [2.75, 3.05) is 16.4 Å². The van der Waals surface area contributed by atoms with E-state index in [4.69, 9.17) is 0 Å². The maximum absolute atomic E-state index is 12.9. The summed E-state index contributed by atoms with van der Waals surface area (Å²) >= 11 is 2.47. The summed E-state index contributed by atoms with van der Waals surface area (Å²) in [4.78, 5) is 26.1. The van der Waals surface area contributed by atoms with Crippen molar-refractivity contribution in [2.24, 2.45) is 0 Å². The second-order valence-electron chi connectivity index (χ2n) is 6.24. The lowest BCUT2D eigenvalue weighted by molar-refractivity contribution is -0.131. The second-order valence-corrected chi connectivity index (χ2v) is 8.44. The third-order valence-electron chi connectivity index (χ3n) is 3.45. The van der Waals surface area contributed by atoms with Crippen LogP contribution in [0.1, 0.15) is 27.7 Å². The molecular weight excluding hydrogens is 389 g/mol. The summed E-state index contributed by atoms with van der Waals surface area (Å²) in [7, 11) is 0. The highest BCUT2D eigenvalue weighted by atomic mass is 32.2. The molecule has 0 aliphatic carbocycles. The fraction of sp³-hybridized carbons (Fsp3) is 0.412. The Morgan fingerprint density at radius 2 is 1.74 bits per heavy atom. The van der Waals surface area contributed by atoms with Crippen molar-refractivity contribution >= 4 is 45.9 Å². The number of hydrogen-bond acceptors (Lipinski definition) is 6. The van der Waals surface area contributed by atoms with E-state index in [-0.39, 0.29) is 29.6 Å². The van der Waals surface area contributed by atoms with Crippen LogP contribution in [0.25, 0.3) is 0 Å². The standard InChI is InChI=1S/C17H22FN5O2S2/c1-10(2)23(11(3)4)14(24)9-26-17-22-21-16(27-17)20-15(25)19-13-7-5-12(18)6-8-13/h5-8,10-11H,9H2,1-4H3,(H2,19,20,21,25). The van der Waals surface area contributed by atoms with Gasteiger partial charge in [0.15, 0.2) is 4.34 Å². The lowest BCUT2D eigenvalue weighted by Crippen LogP contribution is -2.43. The molecule has 2 N–H and O–H groups in total. The van der Waals surface area contributed by atoms with E-state index in [0.29, 0.717) is 15.2 Å². The average Bonchev–Trinajstić information content (AvgIpc) is 3.01. The molecule has 0 saturated carbocycles. The Balaban J connectivity index is 1.86. The van der Waals surface area contributed by atoms with Crippen molar-refractivity contribution in [1.29, 1.82) is 0 Å². The number of rotatable bonds is 7. The number of amides is 3. The van der Waals surface area contributed by atoms with E-state index in [1.807, 2.05) is 32.6 Å². The highest BCUT2D eigenvalue weighted by Crippen LogP contribution is 2.26. The molecule has 0 spiro atoms. The number of hydrogen-bond donors (Lipinski definition) is 2. The molecule has 27 heavy (non-hydrogen) atoms. The van der Waals surface area contributed by atoms with Gasteiger partial charge in [-0.15, -0.1) is 10.2 Å². The van der Waals surface area contributed by atoms with E-state index >= 15 is 0 Å². The second kappa shape index (κ2) is 9.65. The van der Waals surface area contributed by atoms with Crippen LogP contribution in [-0.2, 0) is 4.79 Å². The topological polar surface area (TPSA) is 87.2 Å². The predicted molar refractivity (Wildman–Crippen MR) is 107 cm³/mol. The minimum atomic E-state index is -0.504. The van der Waals surface area contributed by atoms with Crippen molar-refractivity contribution < 1.29 is 14.0 Å². The molecule has 0 aliphatic heterocycles. The number of urea groups is 1. The molecule has 1 aromatic carbocycles. The predicted octanol–water partition coefficient (Wildman–Crippen LogP) is 4.06. The maximum Gasteiger partial charge on any atom is 0.325 e. The van der Waals surface area contributed by atoms with E-state index in [9.17, 15) is 14.0 Å². The Kier molecular flexibility index (Phi) is 7.55. The summed E-state index contributed by atoms with van der Waals surface area (Å²) in [5.41, 5.74) is 0.459. The van der Waals surface area contributed by atoms with Crippen LogP contribution in [0, 0.1) is 5.82 Å². The number of thioether (sulfide) groups is 1. The molecule has 2 aromatic rings. The van der Waals surface area contributed by atoms with Gasteiger partial charge in [-0.25, -0.2) is 9.18 Å². The summed E-state index contributed by atoms with van der Waals surface area (Å²) in [6, 6.07) is 5.16. The first kappa shape index (κ1) is 21.1. The average molecular weight is 412 g/mol. The highest BCUT2D eigenvalue weighted by Gasteiger charge is 2.20. The molecule has 1 aromatic heterocycles. The third kappa shape index (κ3) is 6.47. The van der Waals surface area contributed by atoms with Crippen LogP contribution < -0.4 is 10.6 Å². The number of carbonyl (C=O) groups is 2. The first-order valence-electron chi connectivity index (χ1n) is 8.37. The van der Waals surface area contributed by atoms with Crippen molar-refractivity contribution in [2.45, 2.75) is 44.1 Å². The minimum Gasteiger partial charge on any atom is -0.337 e. The van der Waals surface area contributed by atoms with Gasteiger partial charge in [0, 0.05) is 17.8 Å². The van der Waals surface area contributed by atoms with Gasteiger partial charge in [0.05, 0.1) is 5.75 Å².